The zero-order valence-corrected chi connectivity index (χ0v) is 9.17. The first-order valence-corrected chi connectivity index (χ1v) is 4.67. The first kappa shape index (κ1) is 8.74. The molecule has 0 aromatic heterocycles. The molecule has 0 saturated carbocycles. The smallest absolute Gasteiger partial charge is 0.142 e. The molecule has 0 heterocycles. The molecule has 54 valence electrons. The number of rotatable bonds is 0. The molecule has 10 heavy (non-hydrogen) atoms. The second kappa shape index (κ2) is 3.36. The minimum Gasteiger partial charge on any atom is -0.205 e. The maximum absolute atomic E-state index is 12.6. The van der Waals surface area contributed by atoms with Gasteiger partial charge in [-0.1, -0.05) is 11.6 Å². The fourth-order valence-electron chi connectivity index (χ4n) is 0.502. The molecule has 0 aliphatic heterocycles. The summed E-state index contributed by atoms with van der Waals surface area (Å²) in [5.74, 6) is -0.380. The highest BCUT2D eigenvalue weighted by Crippen LogP contribution is 2.28. The van der Waals surface area contributed by atoms with Gasteiger partial charge in [0.15, 0.2) is 0 Å². The first-order valence-electron chi connectivity index (χ1n) is 2.42. The molecule has 0 radical (unpaired) electrons. The Morgan fingerprint density at radius 2 is 2.10 bits per heavy atom. The van der Waals surface area contributed by atoms with E-state index in [-0.39, 0.29) is 10.8 Å². The molecular formula is C6H2BrClFI. The Morgan fingerprint density at radius 3 is 2.60 bits per heavy atom. The number of halogens is 4. The van der Waals surface area contributed by atoms with Gasteiger partial charge in [0.05, 0.1) is 5.02 Å². The van der Waals surface area contributed by atoms with E-state index >= 15 is 0 Å². The van der Waals surface area contributed by atoms with E-state index in [1.165, 1.54) is 6.07 Å². The molecule has 1 rings (SSSR count). The molecule has 0 atom stereocenters. The topological polar surface area (TPSA) is 0 Å². The summed E-state index contributed by atoms with van der Waals surface area (Å²) < 4.78 is 14.1. The van der Waals surface area contributed by atoms with Gasteiger partial charge < -0.3 is 0 Å². The molecule has 0 aliphatic carbocycles. The van der Waals surface area contributed by atoms with Gasteiger partial charge in [-0.3, -0.25) is 0 Å². The van der Waals surface area contributed by atoms with Crippen LogP contribution in [-0.4, -0.2) is 0 Å². The van der Waals surface area contributed by atoms with Gasteiger partial charge in [-0.15, -0.1) is 0 Å². The SMILES string of the molecule is Fc1ccc(Br)c(I)c1Cl. The second-order valence-corrected chi connectivity index (χ2v) is 3.97. The van der Waals surface area contributed by atoms with Gasteiger partial charge in [0.25, 0.3) is 0 Å². The van der Waals surface area contributed by atoms with Crippen LogP contribution in [0.25, 0.3) is 0 Å². The van der Waals surface area contributed by atoms with Crippen molar-refractivity contribution in [2.24, 2.45) is 0 Å². The molecule has 0 unspecified atom stereocenters. The van der Waals surface area contributed by atoms with Gasteiger partial charge in [-0.25, -0.2) is 4.39 Å². The lowest BCUT2D eigenvalue weighted by molar-refractivity contribution is 0.627. The lowest BCUT2D eigenvalue weighted by Gasteiger charge is -1.98. The van der Waals surface area contributed by atoms with Gasteiger partial charge in [0.1, 0.15) is 5.82 Å². The van der Waals surface area contributed by atoms with Crippen molar-refractivity contribution in [3.05, 3.63) is 31.0 Å². The lowest BCUT2D eigenvalue weighted by atomic mass is 10.3. The second-order valence-electron chi connectivity index (χ2n) is 1.66. The summed E-state index contributed by atoms with van der Waals surface area (Å²) in [6.45, 7) is 0. The van der Waals surface area contributed by atoms with Crippen molar-refractivity contribution in [2.75, 3.05) is 0 Å². The average molecular weight is 335 g/mol. The molecule has 0 saturated heterocycles. The average Bonchev–Trinajstić information content (AvgIpc) is 1.93. The van der Waals surface area contributed by atoms with E-state index in [9.17, 15) is 4.39 Å². The molecule has 0 nitrogen and oxygen atoms in total. The number of hydrogen-bond donors (Lipinski definition) is 0. The highest BCUT2D eigenvalue weighted by atomic mass is 127. The van der Waals surface area contributed by atoms with Crippen LogP contribution in [0.1, 0.15) is 0 Å². The molecule has 0 N–H and O–H groups in total. The van der Waals surface area contributed by atoms with Gasteiger partial charge >= 0.3 is 0 Å². The summed E-state index contributed by atoms with van der Waals surface area (Å²) in [5.41, 5.74) is 0. The molecule has 0 aliphatic rings. The van der Waals surface area contributed by atoms with E-state index < -0.39 is 0 Å². The maximum atomic E-state index is 12.6. The fourth-order valence-corrected chi connectivity index (χ4v) is 1.55. The Bertz CT molecular complexity index is 237. The lowest BCUT2D eigenvalue weighted by Crippen LogP contribution is -1.81. The Kier molecular flexibility index (Phi) is 2.94. The number of hydrogen-bond acceptors (Lipinski definition) is 0. The van der Waals surface area contributed by atoms with Crippen LogP contribution in [0.2, 0.25) is 5.02 Å². The molecule has 0 fully saturated rings. The van der Waals surface area contributed by atoms with Gasteiger partial charge in [-0.2, -0.15) is 0 Å². The molecule has 0 amide bonds. The van der Waals surface area contributed by atoms with Crippen molar-refractivity contribution in [2.45, 2.75) is 0 Å². The van der Waals surface area contributed by atoms with E-state index in [1.54, 1.807) is 6.07 Å². The zero-order chi connectivity index (χ0) is 7.72. The molecule has 0 bridgehead atoms. The normalized spacial score (nSPS) is 10.0. The third-order valence-electron chi connectivity index (χ3n) is 0.988. The van der Waals surface area contributed by atoms with Crippen molar-refractivity contribution in [1.82, 2.24) is 0 Å². The van der Waals surface area contributed by atoms with Crippen LogP contribution < -0.4 is 0 Å². The minimum absolute atomic E-state index is 0.176. The zero-order valence-electron chi connectivity index (χ0n) is 4.67. The van der Waals surface area contributed by atoms with Crippen molar-refractivity contribution in [3.8, 4) is 0 Å². The molecular weight excluding hydrogens is 333 g/mol. The highest BCUT2D eigenvalue weighted by molar-refractivity contribution is 14.1. The largest absolute Gasteiger partial charge is 0.205 e. The number of benzene rings is 1. The molecule has 4 heteroatoms. The summed E-state index contributed by atoms with van der Waals surface area (Å²) in [6, 6.07) is 2.96. The van der Waals surface area contributed by atoms with Gasteiger partial charge in [-0.05, 0) is 50.7 Å². The maximum Gasteiger partial charge on any atom is 0.142 e. The summed E-state index contributed by atoms with van der Waals surface area (Å²) in [6.07, 6.45) is 0. The van der Waals surface area contributed by atoms with Gasteiger partial charge in [0, 0.05) is 8.04 Å². The highest BCUT2D eigenvalue weighted by Gasteiger charge is 2.05. The Hall–Kier alpha value is 0.650. The summed E-state index contributed by atoms with van der Waals surface area (Å²) in [5, 5.41) is 0.176. The van der Waals surface area contributed by atoms with Crippen molar-refractivity contribution in [1.29, 1.82) is 0 Å². The molecule has 1 aromatic rings. The quantitative estimate of drug-likeness (QED) is 0.384. The van der Waals surface area contributed by atoms with E-state index in [1.807, 2.05) is 22.6 Å². The van der Waals surface area contributed by atoms with Gasteiger partial charge in [0.2, 0.25) is 0 Å². The first-order chi connectivity index (χ1) is 4.63. The standard InChI is InChI=1S/C6H2BrClFI/c7-3-1-2-4(9)5(8)6(3)10/h1-2H. The minimum atomic E-state index is -0.380. The van der Waals surface area contributed by atoms with E-state index in [0.717, 1.165) is 4.47 Å². The monoisotopic (exact) mass is 334 g/mol. The molecule has 1 aromatic carbocycles. The third-order valence-corrected chi connectivity index (χ3v) is 4.20. The van der Waals surface area contributed by atoms with Crippen LogP contribution >= 0.6 is 50.1 Å². The van der Waals surface area contributed by atoms with E-state index in [0.29, 0.717) is 3.57 Å². The Morgan fingerprint density at radius 1 is 1.50 bits per heavy atom. The Labute approximate surface area is 85.0 Å². The summed E-state index contributed by atoms with van der Waals surface area (Å²) in [4.78, 5) is 0. The van der Waals surface area contributed by atoms with Crippen molar-refractivity contribution < 1.29 is 4.39 Å². The predicted molar refractivity (Wildman–Crippen MR) is 51.8 cm³/mol. The van der Waals surface area contributed by atoms with Crippen LogP contribution in [0, 0.1) is 9.39 Å². The third kappa shape index (κ3) is 1.62. The van der Waals surface area contributed by atoms with Crippen molar-refractivity contribution >= 4 is 50.1 Å². The molecule has 0 spiro atoms. The van der Waals surface area contributed by atoms with Crippen LogP contribution in [0.15, 0.2) is 16.6 Å². The van der Waals surface area contributed by atoms with Crippen LogP contribution in [-0.2, 0) is 0 Å². The predicted octanol–water partition coefficient (Wildman–Crippen LogP) is 3.85. The van der Waals surface area contributed by atoms with Crippen molar-refractivity contribution in [3.63, 3.8) is 0 Å². The van der Waals surface area contributed by atoms with Crippen LogP contribution in [0.4, 0.5) is 4.39 Å². The summed E-state index contributed by atoms with van der Waals surface area (Å²) in [7, 11) is 0. The Balaban J connectivity index is 3.34. The van der Waals surface area contributed by atoms with E-state index in [4.69, 9.17) is 11.6 Å². The van der Waals surface area contributed by atoms with Crippen LogP contribution in [0.5, 0.6) is 0 Å². The summed E-state index contributed by atoms with van der Waals surface area (Å²) >= 11 is 10.8. The van der Waals surface area contributed by atoms with Crippen LogP contribution in [0.3, 0.4) is 0 Å². The fraction of sp³-hybridized carbons (Fsp3) is 0. The van der Waals surface area contributed by atoms with E-state index in [2.05, 4.69) is 15.9 Å².